The molecule has 0 aliphatic carbocycles. The van der Waals surface area contributed by atoms with Crippen LogP contribution in [0.3, 0.4) is 0 Å². The molecule has 2 heterocycles. The van der Waals surface area contributed by atoms with Crippen LogP contribution in [0, 0.1) is 13.8 Å². The average Bonchev–Trinajstić information content (AvgIpc) is 2.94. The van der Waals surface area contributed by atoms with Crippen LogP contribution in [0.25, 0.3) is 22.6 Å². The van der Waals surface area contributed by atoms with Gasteiger partial charge in [0, 0.05) is 6.07 Å². The molecule has 8 heteroatoms. The van der Waals surface area contributed by atoms with Gasteiger partial charge in [0.15, 0.2) is 11.6 Å². The summed E-state index contributed by atoms with van der Waals surface area (Å²) in [5, 5.41) is 6.67. The van der Waals surface area contributed by atoms with Gasteiger partial charge in [-0.3, -0.25) is 9.82 Å². The molecule has 3 rings (SSSR count). The normalized spacial score (nSPS) is 12.0. The summed E-state index contributed by atoms with van der Waals surface area (Å²) < 4.78 is 24.7. The van der Waals surface area contributed by atoms with E-state index in [1.54, 1.807) is 6.07 Å². The predicted molar refractivity (Wildman–Crippen MR) is 81.6 cm³/mol. The summed E-state index contributed by atoms with van der Waals surface area (Å²) in [5.41, 5.74) is 4.76. The van der Waals surface area contributed by atoms with E-state index < -0.39 is 10.0 Å². The van der Waals surface area contributed by atoms with Gasteiger partial charge in [0.2, 0.25) is 10.0 Å². The number of rotatable bonds is 3. The molecule has 1 aromatic carbocycles. The lowest BCUT2D eigenvalue weighted by molar-refractivity contribution is 0.606. The summed E-state index contributed by atoms with van der Waals surface area (Å²) in [5.74, 6) is 0.851. The second-order valence-corrected chi connectivity index (χ2v) is 6.83. The van der Waals surface area contributed by atoms with Gasteiger partial charge in [-0.25, -0.2) is 13.4 Å². The first kappa shape index (κ1) is 13.6. The zero-order valence-electron chi connectivity index (χ0n) is 11.9. The summed E-state index contributed by atoms with van der Waals surface area (Å²) in [7, 11) is -3.35. The van der Waals surface area contributed by atoms with Crippen LogP contribution in [0.5, 0.6) is 0 Å². The summed E-state index contributed by atoms with van der Waals surface area (Å²) in [6.07, 6.45) is 1.08. The number of benzene rings is 1. The van der Waals surface area contributed by atoms with E-state index in [-0.39, 0.29) is 5.82 Å². The van der Waals surface area contributed by atoms with E-state index in [4.69, 9.17) is 0 Å². The van der Waals surface area contributed by atoms with E-state index in [2.05, 4.69) is 24.9 Å². The molecule has 2 aromatic heterocycles. The van der Waals surface area contributed by atoms with Crippen molar-refractivity contribution in [3.63, 3.8) is 0 Å². The number of aromatic nitrogens is 4. The Hall–Kier alpha value is -2.35. The van der Waals surface area contributed by atoms with Crippen LogP contribution in [-0.4, -0.2) is 34.8 Å². The zero-order valence-corrected chi connectivity index (χ0v) is 12.7. The first-order chi connectivity index (χ1) is 9.82. The molecule has 0 spiro atoms. The predicted octanol–water partition coefficient (Wildman–Crippen LogP) is 1.94. The molecule has 7 nitrogen and oxygen atoms in total. The Morgan fingerprint density at radius 2 is 1.86 bits per heavy atom. The molecule has 0 amide bonds. The Kier molecular flexibility index (Phi) is 2.98. The van der Waals surface area contributed by atoms with E-state index in [1.165, 1.54) is 11.1 Å². The highest BCUT2D eigenvalue weighted by Gasteiger charge is 2.11. The number of anilines is 1. The second-order valence-electron chi connectivity index (χ2n) is 5.08. The van der Waals surface area contributed by atoms with Crippen LogP contribution in [0.4, 0.5) is 5.82 Å². The molecule has 3 N–H and O–H groups in total. The van der Waals surface area contributed by atoms with Crippen molar-refractivity contribution in [1.82, 2.24) is 20.2 Å². The van der Waals surface area contributed by atoms with E-state index >= 15 is 0 Å². The summed E-state index contributed by atoms with van der Waals surface area (Å²) in [6.45, 7) is 4.08. The highest BCUT2D eigenvalue weighted by molar-refractivity contribution is 7.92. The number of aryl methyl sites for hydroxylation is 2. The maximum absolute atomic E-state index is 11.2. The molecule has 0 unspecified atom stereocenters. The molecule has 21 heavy (non-hydrogen) atoms. The minimum absolute atomic E-state index is 0.236. The maximum atomic E-state index is 11.2. The quantitative estimate of drug-likeness (QED) is 0.688. The van der Waals surface area contributed by atoms with Crippen LogP contribution < -0.4 is 4.72 Å². The largest absolute Gasteiger partial charge is 0.337 e. The Balaban J connectivity index is 2.01. The molecule has 110 valence electrons. The molecule has 0 fully saturated rings. The number of fused-ring (bicyclic) bond motifs is 1. The van der Waals surface area contributed by atoms with Gasteiger partial charge in [0.25, 0.3) is 0 Å². The first-order valence-electron chi connectivity index (χ1n) is 6.32. The molecule has 0 saturated carbocycles. The maximum Gasteiger partial charge on any atom is 0.231 e. The first-order valence-corrected chi connectivity index (χ1v) is 8.21. The Morgan fingerprint density at radius 3 is 2.57 bits per heavy atom. The summed E-state index contributed by atoms with van der Waals surface area (Å²) >= 11 is 0. The molecular weight excluding hydrogens is 290 g/mol. The van der Waals surface area contributed by atoms with E-state index in [0.717, 1.165) is 17.3 Å². The van der Waals surface area contributed by atoms with E-state index in [1.807, 2.05) is 26.0 Å². The highest BCUT2D eigenvalue weighted by Crippen LogP contribution is 2.23. The van der Waals surface area contributed by atoms with Gasteiger partial charge in [-0.05, 0) is 37.1 Å². The van der Waals surface area contributed by atoms with Crippen LogP contribution in [0.2, 0.25) is 0 Å². The highest BCUT2D eigenvalue weighted by atomic mass is 32.2. The van der Waals surface area contributed by atoms with Gasteiger partial charge in [-0.1, -0.05) is 0 Å². The third-order valence-electron chi connectivity index (χ3n) is 3.22. The van der Waals surface area contributed by atoms with Gasteiger partial charge < -0.3 is 4.98 Å². The third kappa shape index (κ3) is 2.75. The Labute approximate surface area is 121 Å². The molecular formula is C13H15N5O2S. The van der Waals surface area contributed by atoms with Crippen LogP contribution >= 0.6 is 0 Å². The zero-order chi connectivity index (χ0) is 15.2. The van der Waals surface area contributed by atoms with Crippen molar-refractivity contribution in [2.24, 2.45) is 0 Å². The number of hydrogen-bond donors (Lipinski definition) is 3. The summed E-state index contributed by atoms with van der Waals surface area (Å²) in [6, 6.07) is 5.64. The van der Waals surface area contributed by atoms with Gasteiger partial charge in [-0.15, -0.1) is 0 Å². The van der Waals surface area contributed by atoms with Crippen LogP contribution in [0.1, 0.15) is 11.1 Å². The second kappa shape index (κ2) is 4.59. The number of hydrogen-bond acceptors (Lipinski definition) is 4. The van der Waals surface area contributed by atoms with E-state index in [9.17, 15) is 8.42 Å². The molecule has 0 aliphatic heterocycles. The molecule has 0 bridgehead atoms. The molecule has 0 atom stereocenters. The molecule has 0 radical (unpaired) electrons. The fourth-order valence-corrected chi connectivity index (χ4v) is 2.57. The monoisotopic (exact) mass is 305 g/mol. The molecule has 0 saturated heterocycles. The van der Waals surface area contributed by atoms with Crippen molar-refractivity contribution in [3.8, 4) is 11.5 Å². The van der Waals surface area contributed by atoms with Gasteiger partial charge in [0.1, 0.15) is 5.69 Å². The van der Waals surface area contributed by atoms with E-state index in [0.29, 0.717) is 11.5 Å². The van der Waals surface area contributed by atoms with Gasteiger partial charge in [-0.2, -0.15) is 5.10 Å². The molecule has 3 aromatic rings. The van der Waals surface area contributed by atoms with Crippen LogP contribution in [-0.2, 0) is 10.0 Å². The van der Waals surface area contributed by atoms with Crippen molar-refractivity contribution in [2.45, 2.75) is 13.8 Å². The number of H-pyrrole nitrogens is 2. The number of sulfonamides is 1. The topological polar surface area (TPSA) is 104 Å². The average molecular weight is 305 g/mol. The van der Waals surface area contributed by atoms with Gasteiger partial charge in [0.05, 0.1) is 17.3 Å². The Morgan fingerprint density at radius 1 is 1.14 bits per heavy atom. The number of nitrogens with one attached hydrogen (secondary N) is 3. The van der Waals surface area contributed by atoms with Crippen molar-refractivity contribution in [3.05, 3.63) is 29.3 Å². The number of nitrogens with zero attached hydrogens (tertiary/aromatic N) is 2. The Bertz CT molecular complexity index is 884. The van der Waals surface area contributed by atoms with Crippen molar-refractivity contribution >= 4 is 26.9 Å². The van der Waals surface area contributed by atoms with Gasteiger partial charge >= 0.3 is 0 Å². The fourth-order valence-electron chi connectivity index (χ4n) is 2.08. The minimum atomic E-state index is -3.35. The number of imidazole rings is 1. The van der Waals surface area contributed by atoms with Crippen molar-refractivity contribution in [1.29, 1.82) is 0 Å². The summed E-state index contributed by atoms with van der Waals surface area (Å²) in [4.78, 5) is 7.69. The van der Waals surface area contributed by atoms with Crippen molar-refractivity contribution < 1.29 is 8.42 Å². The third-order valence-corrected chi connectivity index (χ3v) is 3.80. The lowest BCUT2D eigenvalue weighted by Crippen LogP contribution is -2.09. The van der Waals surface area contributed by atoms with Crippen LogP contribution in [0.15, 0.2) is 18.2 Å². The minimum Gasteiger partial charge on any atom is -0.337 e. The number of aromatic amines is 2. The lowest BCUT2D eigenvalue weighted by atomic mass is 10.1. The lowest BCUT2D eigenvalue weighted by Gasteiger charge is -1.97. The smallest absolute Gasteiger partial charge is 0.231 e. The standard InChI is InChI=1S/C13H15N5O2S/c1-7-4-9-10(5-8(7)2)15-13(14-9)11-6-12(17-16-11)18-21(3,19)20/h4-6H,1-3H3,(H,14,15)(H2,16,17,18). The SMILES string of the molecule is Cc1cc2nc(-c3cc(NS(C)(=O)=O)n[nH]3)[nH]c2cc1C. The fraction of sp³-hybridized carbons (Fsp3) is 0.231. The molecule has 0 aliphatic rings. The van der Waals surface area contributed by atoms with Crippen molar-refractivity contribution in [2.75, 3.05) is 11.0 Å².